The van der Waals surface area contributed by atoms with Crippen molar-refractivity contribution in [3.8, 4) is 34.1 Å². The monoisotopic (exact) mass is 406 g/mol. The number of aryl methyl sites for hydroxylation is 1. The first kappa shape index (κ1) is 20.5. The Morgan fingerprint density at radius 2 is 1.76 bits per heavy atom. The molecular formula is C24H23ClN2O2. The molecule has 0 fully saturated rings. The van der Waals surface area contributed by atoms with Crippen LogP contribution in [0.4, 0.5) is 0 Å². The van der Waals surface area contributed by atoms with Crippen molar-refractivity contribution in [2.24, 2.45) is 0 Å². The minimum atomic E-state index is 0. The second kappa shape index (κ2) is 9.30. The van der Waals surface area contributed by atoms with Crippen molar-refractivity contribution in [3.05, 3.63) is 90.1 Å². The van der Waals surface area contributed by atoms with Crippen LogP contribution in [0.15, 0.2) is 79.0 Å². The number of halogens is 1. The predicted molar refractivity (Wildman–Crippen MR) is 119 cm³/mol. The van der Waals surface area contributed by atoms with E-state index in [9.17, 15) is 0 Å². The van der Waals surface area contributed by atoms with Gasteiger partial charge in [0, 0.05) is 17.2 Å². The van der Waals surface area contributed by atoms with E-state index in [1.807, 2.05) is 66.9 Å². The molecule has 0 aliphatic rings. The molecule has 3 aromatic carbocycles. The van der Waals surface area contributed by atoms with Gasteiger partial charge < -0.3 is 14.5 Å². The summed E-state index contributed by atoms with van der Waals surface area (Å²) in [5.74, 6) is 2.35. The first-order chi connectivity index (χ1) is 13.7. The number of hydrogen-bond donors (Lipinski definition) is 1. The topological polar surface area (TPSA) is 47.1 Å². The number of methoxy groups -OCH3 is 1. The summed E-state index contributed by atoms with van der Waals surface area (Å²) in [6, 6.07) is 24.2. The Balaban J connectivity index is 0.00000240. The van der Waals surface area contributed by atoms with Gasteiger partial charge in [-0.15, -0.1) is 12.4 Å². The van der Waals surface area contributed by atoms with Crippen molar-refractivity contribution in [1.82, 2.24) is 9.97 Å². The molecular weight excluding hydrogens is 384 g/mol. The predicted octanol–water partition coefficient (Wildman–Crippen LogP) is 6.06. The normalized spacial score (nSPS) is 10.3. The molecule has 0 aliphatic heterocycles. The summed E-state index contributed by atoms with van der Waals surface area (Å²) in [7, 11) is 1.66. The third-order valence-corrected chi connectivity index (χ3v) is 4.58. The largest absolute Gasteiger partial charge is 0.496 e. The zero-order chi connectivity index (χ0) is 19.3. The van der Waals surface area contributed by atoms with Crippen molar-refractivity contribution in [2.75, 3.05) is 7.11 Å². The summed E-state index contributed by atoms with van der Waals surface area (Å²) < 4.78 is 11.5. The van der Waals surface area contributed by atoms with Gasteiger partial charge in [-0.2, -0.15) is 0 Å². The van der Waals surface area contributed by atoms with Crippen LogP contribution in [-0.2, 0) is 6.61 Å². The highest BCUT2D eigenvalue weighted by atomic mass is 35.5. The molecule has 0 saturated carbocycles. The number of imidazole rings is 1. The standard InChI is InChI=1S/C24H22N2O2.ClH/c1-17-7-6-10-19(13-17)24-25-15-22(26-24)21-12-11-20(14-23(21)27-2)28-16-18-8-4-3-5-9-18;/h3-15H,16H2,1-2H3,(H,25,26);1H. The van der Waals surface area contributed by atoms with Crippen LogP contribution in [0.2, 0.25) is 0 Å². The van der Waals surface area contributed by atoms with Crippen LogP contribution in [0.3, 0.4) is 0 Å². The lowest BCUT2D eigenvalue weighted by Crippen LogP contribution is -1.96. The van der Waals surface area contributed by atoms with Crippen LogP contribution in [0.1, 0.15) is 11.1 Å². The Kier molecular flexibility index (Phi) is 6.57. The highest BCUT2D eigenvalue weighted by Crippen LogP contribution is 2.33. The van der Waals surface area contributed by atoms with Gasteiger partial charge in [0.05, 0.1) is 19.0 Å². The number of hydrogen-bond acceptors (Lipinski definition) is 3. The molecule has 0 saturated heterocycles. The molecule has 4 nitrogen and oxygen atoms in total. The highest BCUT2D eigenvalue weighted by molar-refractivity contribution is 5.85. The zero-order valence-electron chi connectivity index (χ0n) is 16.4. The molecule has 1 N–H and O–H groups in total. The van der Waals surface area contributed by atoms with E-state index in [2.05, 4.69) is 29.0 Å². The number of benzene rings is 3. The molecule has 4 rings (SSSR count). The average molecular weight is 407 g/mol. The van der Waals surface area contributed by atoms with E-state index < -0.39 is 0 Å². The molecule has 5 heteroatoms. The zero-order valence-corrected chi connectivity index (χ0v) is 17.2. The minimum Gasteiger partial charge on any atom is -0.496 e. The number of H-pyrrole nitrogens is 1. The smallest absolute Gasteiger partial charge is 0.137 e. The fraction of sp³-hybridized carbons (Fsp3) is 0.125. The molecule has 0 unspecified atom stereocenters. The molecule has 0 spiro atoms. The quantitative estimate of drug-likeness (QED) is 0.423. The molecule has 148 valence electrons. The van der Waals surface area contributed by atoms with Gasteiger partial charge >= 0.3 is 0 Å². The Morgan fingerprint density at radius 3 is 2.52 bits per heavy atom. The average Bonchev–Trinajstić information content (AvgIpc) is 3.23. The van der Waals surface area contributed by atoms with Crippen LogP contribution in [-0.4, -0.2) is 17.1 Å². The molecule has 1 heterocycles. The number of nitrogens with one attached hydrogen (secondary N) is 1. The number of nitrogens with zero attached hydrogens (tertiary/aromatic N) is 1. The Bertz CT molecular complexity index is 1080. The summed E-state index contributed by atoms with van der Waals surface area (Å²) in [6.45, 7) is 2.59. The fourth-order valence-electron chi connectivity index (χ4n) is 3.12. The van der Waals surface area contributed by atoms with E-state index in [4.69, 9.17) is 9.47 Å². The van der Waals surface area contributed by atoms with Gasteiger partial charge in [-0.3, -0.25) is 0 Å². The van der Waals surface area contributed by atoms with E-state index in [1.165, 1.54) is 5.56 Å². The summed E-state index contributed by atoms with van der Waals surface area (Å²) in [6.07, 6.45) is 1.83. The maximum absolute atomic E-state index is 5.91. The van der Waals surface area contributed by atoms with E-state index in [1.54, 1.807) is 7.11 Å². The molecule has 0 radical (unpaired) electrons. The van der Waals surface area contributed by atoms with E-state index in [-0.39, 0.29) is 12.4 Å². The van der Waals surface area contributed by atoms with Gasteiger partial charge in [-0.05, 0) is 30.7 Å². The van der Waals surface area contributed by atoms with E-state index in [0.29, 0.717) is 6.61 Å². The van der Waals surface area contributed by atoms with Gasteiger partial charge in [-0.25, -0.2) is 4.98 Å². The lowest BCUT2D eigenvalue weighted by Gasteiger charge is -2.11. The highest BCUT2D eigenvalue weighted by Gasteiger charge is 2.12. The molecule has 0 aliphatic carbocycles. The van der Waals surface area contributed by atoms with Crippen LogP contribution < -0.4 is 9.47 Å². The van der Waals surface area contributed by atoms with Crippen LogP contribution in [0, 0.1) is 6.92 Å². The molecule has 0 bridgehead atoms. The van der Waals surface area contributed by atoms with Gasteiger partial charge in [0.15, 0.2) is 0 Å². The molecule has 0 atom stereocenters. The fourth-order valence-corrected chi connectivity index (χ4v) is 3.12. The van der Waals surface area contributed by atoms with Gasteiger partial charge in [0.1, 0.15) is 23.9 Å². The van der Waals surface area contributed by atoms with Crippen LogP contribution in [0.25, 0.3) is 22.6 Å². The Morgan fingerprint density at radius 1 is 0.931 bits per heavy atom. The minimum absolute atomic E-state index is 0. The van der Waals surface area contributed by atoms with Crippen molar-refractivity contribution in [3.63, 3.8) is 0 Å². The lowest BCUT2D eigenvalue weighted by molar-refractivity contribution is 0.304. The number of ether oxygens (including phenoxy) is 2. The molecule has 4 aromatic rings. The van der Waals surface area contributed by atoms with Gasteiger partial charge in [-0.1, -0.05) is 54.1 Å². The summed E-state index contributed by atoms with van der Waals surface area (Å²) in [4.78, 5) is 7.93. The van der Waals surface area contributed by atoms with Gasteiger partial charge in [0.25, 0.3) is 0 Å². The SMILES string of the molecule is COc1cc(OCc2ccccc2)ccc1-c1cnc(-c2cccc(C)c2)[nH]1.Cl. The van der Waals surface area contributed by atoms with Crippen LogP contribution in [0.5, 0.6) is 11.5 Å². The van der Waals surface area contributed by atoms with Crippen LogP contribution >= 0.6 is 12.4 Å². The summed E-state index contributed by atoms with van der Waals surface area (Å²) in [5.41, 5.74) is 5.24. The molecule has 1 aromatic heterocycles. The Labute approximate surface area is 177 Å². The first-order valence-corrected chi connectivity index (χ1v) is 9.20. The summed E-state index contributed by atoms with van der Waals surface area (Å²) >= 11 is 0. The third-order valence-electron chi connectivity index (χ3n) is 4.58. The molecule has 0 amide bonds. The van der Waals surface area contributed by atoms with Gasteiger partial charge in [0.2, 0.25) is 0 Å². The van der Waals surface area contributed by atoms with Crippen molar-refractivity contribution < 1.29 is 9.47 Å². The van der Waals surface area contributed by atoms with Crippen molar-refractivity contribution >= 4 is 12.4 Å². The Hall–Kier alpha value is -3.24. The maximum atomic E-state index is 5.91. The van der Waals surface area contributed by atoms with Crippen molar-refractivity contribution in [2.45, 2.75) is 13.5 Å². The number of aromatic nitrogens is 2. The van der Waals surface area contributed by atoms with E-state index in [0.717, 1.165) is 39.7 Å². The number of aromatic amines is 1. The second-order valence-electron chi connectivity index (χ2n) is 6.65. The van der Waals surface area contributed by atoms with Crippen molar-refractivity contribution in [1.29, 1.82) is 0 Å². The maximum Gasteiger partial charge on any atom is 0.137 e. The van der Waals surface area contributed by atoms with E-state index >= 15 is 0 Å². The third kappa shape index (κ3) is 4.79. The first-order valence-electron chi connectivity index (χ1n) is 9.20. The lowest BCUT2D eigenvalue weighted by atomic mass is 10.1. The molecule has 29 heavy (non-hydrogen) atoms. The summed E-state index contributed by atoms with van der Waals surface area (Å²) in [5, 5.41) is 0. The number of rotatable bonds is 6. The second-order valence-corrected chi connectivity index (χ2v) is 6.65.